The summed E-state index contributed by atoms with van der Waals surface area (Å²) < 4.78 is 41.7. The molecule has 2 rings (SSSR count). The van der Waals surface area contributed by atoms with Crippen LogP contribution in [0.15, 0.2) is 28.9 Å². The van der Waals surface area contributed by atoms with Crippen LogP contribution < -0.4 is 0 Å². The minimum atomic E-state index is -4.37. The molecular formula is C9H4F3O. The zero-order valence-electron chi connectivity index (χ0n) is 6.35. The number of rotatable bonds is 0. The summed E-state index contributed by atoms with van der Waals surface area (Å²) in [6.07, 6.45) is -3.15. The Balaban J connectivity index is 2.75. The molecule has 0 saturated carbocycles. The molecule has 0 amide bonds. The van der Waals surface area contributed by atoms with Gasteiger partial charge in [-0.15, -0.1) is 0 Å². The van der Waals surface area contributed by atoms with Crippen LogP contribution in [-0.4, -0.2) is 0 Å². The molecule has 0 spiro atoms. The molecule has 0 unspecified atom stereocenters. The van der Waals surface area contributed by atoms with Crippen molar-refractivity contribution in [2.45, 2.75) is 6.18 Å². The van der Waals surface area contributed by atoms with Gasteiger partial charge in [0.2, 0.25) is 0 Å². The second-order valence-electron chi connectivity index (χ2n) is 2.55. The molecule has 0 aliphatic heterocycles. The molecule has 4 heteroatoms. The van der Waals surface area contributed by atoms with Gasteiger partial charge in [0.15, 0.2) is 0 Å². The van der Waals surface area contributed by atoms with Gasteiger partial charge in [-0.25, -0.2) is 0 Å². The van der Waals surface area contributed by atoms with Crippen molar-refractivity contribution in [3.63, 3.8) is 0 Å². The predicted molar refractivity (Wildman–Crippen MR) is 40.1 cm³/mol. The summed E-state index contributed by atoms with van der Waals surface area (Å²) in [7, 11) is 0. The first-order chi connectivity index (χ1) is 6.09. The van der Waals surface area contributed by atoms with Crippen molar-refractivity contribution in [3.05, 3.63) is 36.1 Å². The highest BCUT2D eigenvalue weighted by atomic mass is 19.4. The molecule has 1 radical (unpaired) electrons. The fraction of sp³-hybridized carbons (Fsp3) is 0.111. The molecular weight excluding hydrogens is 181 g/mol. The predicted octanol–water partition coefficient (Wildman–Crippen LogP) is 3.25. The van der Waals surface area contributed by atoms with E-state index in [0.717, 1.165) is 6.07 Å². The molecule has 0 aliphatic carbocycles. The molecule has 0 N–H and O–H groups in total. The van der Waals surface area contributed by atoms with E-state index < -0.39 is 11.7 Å². The van der Waals surface area contributed by atoms with Gasteiger partial charge in [0, 0.05) is 5.39 Å². The third-order valence-corrected chi connectivity index (χ3v) is 1.70. The zero-order valence-corrected chi connectivity index (χ0v) is 6.35. The number of hydrogen-bond donors (Lipinski definition) is 0. The van der Waals surface area contributed by atoms with Crippen molar-refractivity contribution in [1.82, 2.24) is 0 Å². The van der Waals surface area contributed by atoms with Gasteiger partial charge >= 0.3 is 6.18 Å². The van der Waals surface area contributed by atoms with Gasteiger partial charge in [0.1, 0.15) is 5.58 Å². The van der Waals surface area contributed by atoms with Crippen molar-refractivity contribution < 1.29 is 17.6 Å². The first-order valence-electron chi connectivity index (χ1n) is 3.54. The van der Waals surface area contributed by atoms with Gasteiger partial charge in [-0.1, -0.05) is 6.07 Å². The number of fused-ring (bicyclic) bond motifs is 1. The van der Waals surface area contributed by atoms with Crippen molar-refractivity contribution >= 4 is 11.0 Å². The fourth-order valence-electron chi connectivity index (χ4n) is 1.15. The van der Waals surface area contributed by atoms with E-state index in [4.69, 9.17) is 4.42 Å². The lowest BCUT2D eigenvalue weighted by Crippen LogP contribution is -2.04. The summed E-state index contributed by atoms with van der Waals surface area (Å²) >= 11 is 0. The van der Waals surface area contributed by atoms with E-state index in [1.54, 1.807) is 0 Å². The fourth-order valence-corrected chi connectivity index (χ4v) is 1.15. The first-order valence-corrected chi connectivity index (χ1v) is 3.54. The molecule has 0 saturated heterocycles. The maximum atomic E-state index is 12.3. The topological polar surface area (TPSA) is 13.1 Å². The van der Waals surface area contributed by atoms with E-state index in [0.29, 0.717) is 5.39 Å². The Morgan fingerprint density at radius 3 is 2.69 bits per heavy atom. The average Bonchev–Trinajstić information content (AvgIpc) is 2.48. The number of furan rings is 1. The van der Waals surface area contributed by atoms with Crippen LogP contribution >= 0.6 is 0 Å². The molecule has 13 heavy (non-hydrogen) atoms. The van der Waals surface area contributed by atoms with Crippen molar-refractivity contribution in [3.8, 4) is 0 Å². The van der Waals surface area contributed by atoms with Crippen LogP contribution in [0.4, 0.5) is 13.2 Å². The minimum Gasteiger partial charge on any atom is -0.464 e. The second kappa shape index (κ2) is 2.52. The minimum absolute atomic E-state index is 0.157. The lowest BCUT2D eigenvalue weighted by molar-refractivity contribution is -0.136. The van der Waals surface area contributed by atoms with Crippen LogP contribution in [-0.2, 0) is 6.18 Å². The zero-order chi connectivity index (χ0) is 9.47. The molecule has 0 atom stereocenters. The summed E-state index contributed by atoms with van der Waals surface area (Å²) in [5, 5.41) is 0.342. The van der Waals surface area contributed by atoms with Crippen LogP contribution in [0.25, 0.3) is 11.0 Å². The normalized spacial score (nSPS) is 12.2. The molecule has 0 bridgehead atoms. The highest BCUT2D eigenvalue weighted by molar-refractivity contribution is 5.80. The number of alkyl halides is 3. The summed E-state index contributed by atoms with van der Waals surface area (Å²) in [5.74, 6) is 0. The molecule has 1 aromatic carbocycles. The van der Waals surface area contributed by atoms with E-state index in [-0.39, 0.29) is 5.58 Å². The van der Waals surface area contributed by atoms with Crippen molar-refractivity contribution in [1.29, 1.82) is 0 Å². The van der Waals surface area contributed by atoms with E-state index in [1.807, 2.05) is 0 Å². The standard InChI is InChI=1S/C9H4F3O/c10-9(11,12)7-3-1-2-6-4-5-13-8(6)7/h1,3-5H. The molecule has 2 aromatic rings. The van der Waals surface area contributed by atoms with Crippen LogP contribution in [0.1, 0.15) is 5.56 Å². The molecule has 1 heterocycles. The van der Waals surface area contributed by atoms with Gasteiger partial charge in [0.25, 0.3) is 0 Å². The molecule has 0 fully saturated rings. The summed E-state index contributed by atoms with van der Waals surface area (Å²) in [6.45, 7) is 0. The maximum absolute atomic E-state index is 12.3. The Labute approximate surface area is 71.8 Å². The summed E-state index contributed by atoms with van der Waals surface area (Å²) in [6, 6.07) is 6.29. The molecule has 1 nitrogen and oxygen atoms in total. The third kappa shape index (κ3) is 1.28. The second-order valence-corrected chi connectivity index (χ2v) is 2.55. The van der Waals surface area contributed by atoms with Gasteiger partial charge in [-0.05, 0) is 18.2 Å². The monoisotopic (exact) mass is 185 g/mol. The van der Waals surface area contributed by atoms with Crippen molar-refractivity contribution in [2.75, 3.05) is 0 Å². The summed E-state index contributed by atoms with van der Waals surface area (Å²) in [5.41, 5.74) is -0.916. The Kier molecular flexibility index (Phi) is 1.58. The quantitative estimate of drug-likeness (QED) is 0.614. The molecule has 1 aromatic heterocycles. The Bertz CT molecular complexity index is 428. The number of benzene rings is 1. The van der Waals surface area contributed by atoms with Gasteiger partial charge in [0.05, 0.1) is 11.8 Å². The van der Waals surface area contributed by atoms with E-state index in [1.165, 1.54) is 18.4 Å². The largest absolute Gasteiger partial charge is 0.464 e. The number of halogens is 3. The highest BCUT2D eigenvalue weighted by Crippen LogP contribution is 2.34. The van der Waals surface area contributed by atoms with Gasteiger partial charge < -0.3 is 4.42 Å². The van der Waals surface area contributed by atoms with Crippen LogP contribution in [0, 0.1) is 6.07 Å². The first kappa shape index (κ1) is 8.16. The Morgan fingerprint density at radius 1 is 1.23 bits per heavy atom. The third-order valence-electron chi connectivity index (χ3n) is 1.70. The van der Waals surface area contributed by atoms with Crippen LogP contribution in [0.3, 0.4) is 0 Å². The molecule has 0 aliphatic rings. The smallest absolute Gasteiger partial charge is 0.420 e. The van der Waals surface area contributed by atoms with Crippen molar-refractivity contribution in [2.24, 2.45) is 0 Å². The number of hydrogen-bond acceptors (Lipinski definition) is 1. The van der Waals surface area contributed by atoms with Gasteiger partial charge in [-0.3, -0.25) is 0 Å². The lowest BCUT2D eigenvalue weighted by atomic mass is 10.1. The van der Waals surface area contributed by atoms with Gasteiger partial charge in [-0.2, -0.15) is 13.2 Å². The van der Waals surface area contributed by atoms with E-state index in [2.05, 4.69) is 6.07 Å². The SMILES string of the molecule is FC(F)(F)c1cc[c]c2ccoc12. The van der Waals surface area contributed by atoms with E-state index >= 15 is 0 Å². The summed E-state index contributed by atoms with van der Waals surface area (Å²) in [4.78, 5) is 0. The Hall–Kier alpha value is -1.45. The maximum Gasteiger partial charge on any atom is 0.420 e. The van der Waals surface area contributed by atoms with Crippen LogP contribution in [0.2, 0.25) is 0 Å². The van der Waals surface area contributed by atoms with Crippen LogP contribution in [0.5, 0.6) is 0 Å². The lowest BCUT2D eigenvalue weighted by Gasteiger charge is -2.05. The van der Waals surface area contributed by atoms with E-state index in [9.17, 15) is 13.2 Å². The highest BCUT2D eigenvalue weighted by Gasteiger charge is 2.33. The average molecular weight is 185 g/mol. The Morgan fingerprint density at radius 2 is 2.00 bits per heavy atom. The molecule has 67 valence electrons.